The van der Waals surface area contributed by atoms with Gasteiger partial charge >= 0.3 is 0 Å². The molecule has 2 aromatic rings. The molecule has 2 heterocycles. The SMILES string of the molecule is CCNC(=NCc1ccc2c(c1)OCO2)NCCCc1nc2c(s1)CCCC2. The Morgan fingerprint density at radius 1 is 1.18 bits per heavy atom. The molecule has 1 aromatic heterocycles. The van der Waals surface area contributed by atoms with Gasteiger partial charge in [0.2, 0.25) is 6.79 Å². The number of thiazole rings is 1. The Balaban J connectivity index is 1.26. The van der Waals surface area contributed by atoms with Gasteiger partial charge in [0.1, 0.15) is 0 Å². The standard InChI is InChI=1S/C21H28N4O2S/c1-2-22-21(24-13-15-9-10-17-18(12-15)27-14-26-17)23-11-5-8-20-25-16-6-3-4-7-19(16)28-20/h9-10,12H,2-8,11,13-14H2,1H3,(H2,22,23,24). The molecule has 1 aliphatic heterocycles. The second kappa shape index (κ2) is 9.28. The quantitative estimate of drug-likeness (QED) is 0.423. The van der Waals surface area contributed by atoms with Gasteiger partial charge in [0.15, 0.2) is 17.5 Å². The average Bonchev–Trinajstić information content (AvgIpc) is 3.34. The van der Waals surface area contributed by atoms with Gasteiger partial charge in [0, 0.05) is 24.4 Å². The van der Waals surface area contributed by atoms with Gasteiger partial charge in [0.25, 0.3) is 0 Å². The molecule has 0 atom stereocenters. The van der Waals surface area contributed by atoms with E-state index in [9.17, 15) is 0 Å². The monoisotopic (exact) mass is 400 g/mol. The van der Waals surface area contributed by atoms with E-state index in [1.54, 1.807) is 0 Å². The molecule has 0 unspecified atom stereocenters. The summed E-state index contributed by atoms with van der Waals surface area (Å²) in [6, 6.07) is 5.98. The molecule has 0 saturated heterocycles. The van der Waals surface area contributed by atoms with E-state index in [4.69, 9.17) is 19.5 Å². The maximum absolute atomic E-state index is 5.44. The lowest BCUT2D eigenvalue weighted by Crippen LogP contribution is -2.37. The number of benzene rings is 1. The fourth-order valence-electron chi connectivity index (χ4n) is 3.51. The number of fused-ring (bicyclic) bond motifs is 2. The summed E-state index contributed by atoms with van der Waals surface area (Å²) in [6.07, 6.45) is 7.10. The van der Waals surface area contributed by atoms with E-state index in [1.807, 2.05) is 29.5 Å². The molecule has 0 fully saturated rings. The molecule has 0 amide bonds. The number of aliphatic imine (C=N–C) groups is 1. The van der Waals surface area contributed by atoms with Gasteiger partial charge < -0.3 is 20.1 Å². The molecule has 1 aromatic carbocycles. The number of nitrogens with one attached hydrogen (secondary N) is 2. The Morgan fingerprint density at radius 3 is 2.96 bits per heavy atom. The minimum absolute atomic E-state index is 0.300. The fourth-order valence-corrected chi connectivity index (χ4v) is 4.71. The third-order valence-electron chi connectivity index (χ3n) is 4.95. The molecular formula is C21H28N4O2S. The van der Waals surface area contributed by atoms with Crippen molar-refractivity contribution in [1.29, 1.82) is 0 Å². The number of guanidine groups is 1. The minimum atomic E-state index is 0.300. The van der Waals surface area contributed by atoms with Crippen molar-refractivity contribution in [2.24, 2.45) is 4.99 Å². The zero-order valence-corrected chi connectivity index (χ0v) is 17.2. The third kappa shape index (κ3) is 4.76. The van der Waals surface area contributed by atoms with Gasteiger partial charge in [-0.3, -0.25) is 0 Å². The lowest BCUT2D eigenvalue weighted by atomic mass is 10.0. The summed E-state index contributed by atoms with van der Waals surface area (Å²) in [4.78, 5) is 11.0. The highest BCUT2D eigenvalue weighted by molar-refractivity contribution is 7.11. The van der Waals surface area contributed by atoms with Crippen molar-refractivity contribution >= 4 is 17.3 Å². The van der Waals surface area contributed by atoms with Gasteiger partial charge in [-0.1, -0.05) is 6.07 Å². The number of ether oxygens (including phenoxy) is 2. The van der Waals surface area contributed by atoms with Crippen LogP contribution in [0.3, 0.4) is 0 Å². The number of aryl methyl sites for hydroxylation is 3. The summed E-state index contributed by atoms with van der Waals surface area (Å²) in [5.41, 5.74) is 2.47. The molecule has 7 heteroatoms. The molecule has 4 rings (SSSR count). The second-order valence-electron chi connectivity index (χ2n) is 7.10. The number of hydrogen-bond acceptors (Lipinski definition) is 5. The maximum atomic E-state index is 5.44. The van der Waals surface area contributed by atoms with E-state index in [2.05, 4.69) is 17.6 Å². The zero-order valence-electron chi connectivity index (χ0n) is 16.4. The highest BCUT2D eigenvalue weighted by Crippen LogP contribution is 2.32. The molecule has 150 valence electrons. The summed E-state index contributed by atoms with van der Waals surface area (Å²) in [6.45, 7) is 4.71. The van der Waals surface area contributed by atoms with Gasteiger partial charge in [-0.15, -0.1) is 11.3 Å². The van der Waals surface area contributed by atoms with Crippen LogP contribution in [0.15, 0.2) is 23.2 Å². The first-order chi connectivity index (χ1) is 13.8. The van der Waals surface area contributed by atoms with Crippen molar-refractivity contribution in [2.75, 3.05) is 19.9 Å². The Labute approximate surface area is 170 Å². The van der Waals surface area contributed by atoms with E-state index in [0.717, 1.165) is 49.0 Å². The van der Waals surface area contributed by atoms with Crippen LogP contribution in [-0.2, 0) is 25.8 Å². The molecule has 6 nitrogen and oxygen atoms in total. The van der Waals surface area contributed by atoms with E-state index in [1.165, 1.54) is 41.3 Å². The van der Waals surface area contributed by atoms with Crippen LogP contribution < -0.4 is 20.1 Å². The van der Waals surface area contributed by atoms with Gasteiger partial charge in [-0.05, 0) is 56.7 Å². The molecule has 0 saturated carbocycles. The number of aromatic nitrogens is 1. The number of hydrogen-bond donors (Lipinski definition) is 2. The summed E-state index contributed by atoms with van der Waals surface area (Å²) >= 11 is 1.91. The van der Waals surface area contributed by atoms with Crippen molar-refractivity contribution in [3.63, 3.8) is 0 Å². The van der Waals surface area contributed by atoms with Crippen LogP contribution in [-0.4, -0.2) is 30.8 Å². The maximum Gasteiger partial charge on any atom is 0.231 e. The Morgan fingerprint density at radius 2 is 2.07 bits per heavy atom. The van der Waals surface area contributed by atoms with Crippen LogP contribution in [0.25, 0.3) is 0 Å². The lowest BCUT2D eigenvalue weighted by Gasteiger charge is -2.11. The van der Waals surface area contributed by atoms with E-state index >= 15 is 0 Å². The zero-order chi connectivity index (χ0) is 19.2. The molecular weight excluding hydrogens is 372 g/mol. The van der Waals surface area contributed by atoms with E-state index in [-0.39, 0.29) is 0 Å². The van der Waals surface area contributed by atoms with Crippen molar-refractivity contribution in [1.82, 2.24) is 15.6 Å². The Kier molecular flexibility index (Phi) is 6.31. The fraction of sp³-hybridized carbons (Fsp3) is 0.524. The Hall–Kier alpha value is -2.28. The molecule has 28 heavy (non-hydrogen) atoms. The summed E-state index contributed by atoms with van der Waals surface area (Å²) < 4.78 is 10.8. The Bertz CT molecular complexity index is 810. The predicted molar refractivity (Wildman–Crippen MR) is 112 cm³/mol. The van der Waals surface area contributed by atoms with Gasteiger partial charge in [-0.25, -0.2) is 9.98 Å². The predicted octanol–water partition coefficient (Wildman–Crippen LogP) is 3.44. The summed E-state index contributed by atoms with van der Waals surface area (Å²) in [5.74, 6) is 2.46. The van der Waals surface area contributed by atoms with Crippen LogP contribution >= 0.6 is 11.3 Å². The number of nitrogens with zero attached hydrogens (tertiary/aromatic N) is 2. The first-order valence-corrected chi connectivity index (χ1v) is 11.0. The van der Waals surface area contributed by atoms with Crippen LogP contribution in [0, 0.1) is 0 Å². The molecule has 0 bridgehead atoms. The van der Waals surface area contributed by atoms with E-state index in [0.29, 0.717) is 13.3 Å². The summed E-state index contributed by atoms with van der Waals surface area (Å²) in [5, 5.41) is 8.04. The third-order valence-corrected chi connectivity index (χ3v) is 6.17. The van der Waals surface area contributed by atoms with Crippen LogP contribution in [0.2, 0.25) is 0 Å². The molecule has 1 aliphatic carbocycles. The number of rotatable bonds is 7. The van der Waals surface area contributed by atoms with Crippen molar-refractivity contribution in [2.45, 2.75) is 52.0 Å². The molecule has 2 N–H and O–H groups in total. The topological polar surface area (TPSA) is 67.8 Å². The largest absolute Gasteiger partial charge is 0.454 e. The highest BCUT2D eigenvalue weighted by atomic mass is 32.1. The molecule has 0 spiro atoms. The second-order valence-corrected chi connectivity index (χ2v) is 8.27. The molecule has 0 radical (unpaired) electrons. The lowest BCUT2D eigenvalue weighted by molar-refractivity contribution is 0.174. The van der Waals surface area contributed by atoms with Crippen LogP contribution in [0.1, 0.15) is 47.3 Å². The molecule has 2 aliphatic rings. The van der Waals surface area contributed by atoms with E-state index < -0.39 is 0 Å². The normalized spacial score (nSPS) is 15.4. The van der Waals surface area contributed by atoms with Crippen molar-refractivity contribution in [3.8, 4) is 11.5 Å². The summed E-state index contributed by atoms with van der Waals surface area (Å²) in [7, 11) is 0. The average molecular weight is 401 g/mol. The van der Waals surface area contributed by atoms with Crippen molar-refractivity contribution < 1.29 is 9.47 Å². The van der Waals surface area contributed by atoms with Crippen LogP contribution in [0.5, 0.6) is 11.5 Å². The van der Waals surface area contributed by atoms with Crippen LogP contribution in [0.4, 0.5) is 0 Å². The highest BCUT2D eigenvalue weighted by Gasteiger charge is 2.15. The smallest absolute Gasteiger partial charge is 0.231 e. The first kappa shape index (κ1) is 19.1. The van der Waals surface area contributed by atoms with Crippen molar-refractivity contribution in [3.05, 3.63) is 39.3 Å². The first-order valence-electron chi connectivity index (χ1n) is 10.2. The minimum Gasteiger partial charge on any atom is -0.454 e. The van der Waals surface area contributed by atoms with Gasteiger partial charge in [-0.2, -0.15) is 0 Å². The van der Waals surface area contributed by atoms with Gasteiger partial charge in [0.05, 0.1) is 17.2 Å².